The molecule has 1 aliphatic rings. The maximum Gasteiger partial charge on any atom is 0.311 e. The van der Waals surface area contributed by atoms with E-state index in [2.05, 4.69) is 4.90 Å². The van der Waals surface area contributed by atoms with Crippen LogP contribution in [0.5, 0.6) is 5.75 Å². The lowest BCUT2D eigenvalue weighted by molar-refractivity contribution is -0.386. The van der Waals surface area contributed by atoms with Crippen LogP contribution in [-0.4, -0.2) is 42.7 Å². The zero-order valence-electron chi connectivity index (χ0n) is 15.1. The van der Waals surface area contributed by atoms with Gasteiger partial charge in [0.15, 0.2) is 5.75 Å². The Balaban J connectivity index is 1.58. The Kier molecular flexibility index (Phi) is 6.73. The zero-order valence-corrected chi connectivity index (χ0v) is 15.1. The average molecular weight is 374 g/mol. The molecule has 27 heavy (non-hydrogen) atoms. The minimum atomic E-state index is -0.425. The van der Waals surface area contributed by atoms with Crippen LogP contribution in [0.25, 0.3) is 0 Å². The number of nitro groups is 1. The maximum atomic E-state index is 12.9. The maximum absolute atomic E-state index is 12.9. The lowest BCUT2D eigenvalue weighted by Crippen LogP contribution is -2.36. The summed E-state index contributed by atoms with van der Waals surface area (Å²) in [6.07, 6.45) is 1.71. The summed E-state index contributed by atoms with van der Waals surface area (Å²) in [4.78, 5) is 13.3. The molecule has 1 heterocycles. The smallest absolute Gasteiger partial charge is 0.311 e. The Hall–Kier alpha value is -2.51. The zero-order chi connectivity index (χ0) is 19.1. The highest BCUT2D eigenvalue weighted by Crippen LogP contribution is 2.29. The molecular formula is C20H23FN2O4. The van der Waals surface area contributed by atoms with E-state index >= 15 is 0 Å². The van der Waals surface area contributed by atoms with E-state index in [1.54, 1.807) is 24.3 Å². The topological polar surface area (TPSA) is 64.8 Å². The Morgan fingerprint density at radius 1 is 1.11 bits per heavy atom. The number of morpholine rings is 1. The number of hydrogen-bond donors (Lipinski definition) is 0. The molecule has 0 bridgehead atoms. The highest BCUT2D eigenvalue weighted by Gasteiger charge is 2.17. The molecule has 6 nitrogen and oxygen atoms in total. The van der Waals surface area contributed by atoms with Gasteiger partial charge in [0.2, 0.25) is 0 Å². The molecule has 0 aliphatic carbocycles. The molecule has 1 fully saturated rings. The summed E-state index contributed by atoms with van der Waals surface area (Å²) in [5.74, 6) is -0.104. The second kappa shape index (κ2) is 9.43. The second-order valence-corrected chi connectivity index (χ2v) is 6.53. The van der Waals surface area contributed by atoms with Crippen LogP contribution in [0, 0.1) is 15.9 Å². The van der Waals surface area contributed by atoms with Crippen LogP contribution in [0.3, 0.4) is 0 Å². The first kappa shape index (κ1) is 19.3. The van der Waals surface area contributed by atoms with Gasteiger partial charge in [-0.15, -0.1) is 0 Å². The van der Waals surface area contributed by atoms with Gasteiger partial charge >= 0.3 is 5.69 Å². The van der Waals surface area contributed by atoms with E-state index in [9.17, 15) is 14.5 Å². The molecule has 1 aliphatic heterocycles. The standard InChI is InChI=1S/C20H23FN2O4/c21-18-6-3-17(4-7-18)15-27-20-8-5-16(14-19(20)23(24)25)2-1-9-22-10-12-26-13-11-22/h3-8,14H,1-2,9-13,15H2. The van der Waals surface area contributed by atoms with Gasteiger partial charge in [0.05, 0.1) is 18.1 Å². The van der Waals surface area contributed by atoms with Crippen LogP contribution in [0.2, 0.25) is 0 Å². The van der Waals surface area contributed by atoms with Gasteiger partial charge in [-0.05, 0) is 48.7 Å². The molecule has 1 saturated heterocycles. The first-order valence-electron chi connectivity index (χ1n) is 9.06. The Labute approximate surface area is 157 Å². The van der Waals surface area contributed by atoms with Crippen molar-refractivity contribution in [3.05, 3.63) is 69.5 Å². The summed E-state index contributed by atoms with van der Waals surface area (Å²) in [6, 6.07) is 11.0. The predicted molar refractivity (Wildman–Crippen MR) is 99.4 cm³/mol. The van der Waals surface area contributed by atoms with Crippen molar-refractivity contribution >= 4 is 5.69 Å². The Morgan fingerprint density at radius 3 is 2.52 bits per heavy atom. The number of ether oxygens (including phenoxy) is 2. The van der Waals surface area contributed by atoms with Crippen molar-refractivity contribution < 1.29 is 18.8 Å². The second-order valence-electron chi connectivity index (χ2n) is 6.53. The highest BCUT2D eigenvalue weighted by molar-refractivity contribution is 5.48. The third-order valence-electron chi connectivity index (χ3n) is 4.57. The molecule has 144 valence electrons. The first-order valence-corrected chi connectivity index (χ1v) is 9.06. The minimum Gasteiger partial charge on any atom is -0.482 e. The van der Waals surface area contributed by atoms with Crippen molar-refractivity contribution in [2.45, 2.75) is 19.4 Å². The molecule has 0 unspecified atom stereocenters. The summed E-state index contributed by atoms with van der Waals surface area (Å²) in [6.45, 7) is 4.53. The van der Waals surface area contributed by atoms with E-state index in [1.165, 1.54) is 12.1 Å². The van der Waals surface area contributed by atoms with E-state index in [4.69, 9.17) is 9.47 Å². The van der Waals surface area contributed by atoms with Crippen molar-refractivity contribution in [1.82, 2.24) is 4.90 Å². The number of hydrogen-bond acceptors (Lipinski definition) is 5. The molecule has 0 N–H and O–H groups in total. The van der Waals surface area contributed by atoms with Gasteiger partial charge in [-0.2, -0.15) is 0 Å². The van der Waals surface area contributed by atoms with Crippen molar-refractivity contribution in [1.29, 1.82) is 0 Å². The molecule has 0 spiro atoms. The van der Waals surface area contributed by atoms with Crippen LogP contribution in [0.15, 0.2) is 42.5 Å². The third kappa shape index (κ3) is 5.74. The fourth-order valence-electron chi connectivity index (χ4n) is 3.06. The molecule has 7 heteroatoms. The summed E-state index contributed by atoms with van der Waals surface area (Å²) in [5.41, 5.74) is 1.63. The van der Waals surface area contributed by atoms with Crippen LogP contribution >= 0.6 is 0 Å². The van der Waals surface area contributed by atoms with Crippen LogP contribution in [-0.2, 0) is 17.8 Å². The quantitative estimate of drug-likeness (QED) is 0.522. The summed E-state index contributed by atoms with van der Waals surface area (Å²) in [7, 11) is 0. The molecule has 0 atom stereocenters. The molecule has 0 radical (unpaired) electrons. The van der Waals surface area contributed by atoms with Crippen LogP contribution in [0.1, 0.15) is 17.5 Å². The van der Waals surface area contributed by atoms with E-state index < -0.39 is 4.92 Å². The van der Waals surface area contributed by atoms with Gasteiger partial charge in [0.25, 0.3) is 0 Å². The fourth-order valence-corrected chi connectivity index (χ4v) is 3.06. The van der Waals surface area contributed by atoms with Gasteiger partial charge in [0, 0.05) is 19.2 Å². The fraction of sp³-hybridized carbons (Fsp3) is 0.400. The largest absolute Gasteiger partial charge is 0.482 e. The molecule has 2 aromatic carbocycles. The van der Waals surface area contributed by atoms with Crippen molar-refractivity contribution in [2.24, 2.45) is 0 Å². The number of rotatable bonds is 8. The lowest BCUT2D eigenvalue weighted by atomic mass is 10.1. The van der Waals surface area contributed by atoms with Crippen molar-refractivity contribution in [2.75, 3.05) is 32.8 Å². The van der Waals surface area contributed by atoms with Crippen molar-refractivity contribution in [3.63, 3.8) is 0 Å². The van der Waals surface area contributed by atoms with E-state index in [0.717, 1.165) is 56.8 Å². The molecular weight excluding hydrogens is 351 g/mol. The van der Waals surface area contributed by atoms with Gasteiger partial charge in [-0.25, -0.2) is 4.39 Å². The lowest BCUT2D eigenvalue weighted by Gasteiger charge is -2.26. The third-order valence-corrected chi connectivity index (χ3v) is 4.57. The Morgan fingerprint density at radius 2 is 1.81 bits per heavy atom. The molecule has 0 saturated carbocycles. The molecule has 0 aromatic heterocycles. The monoisotopic (exact) mass is 374 g/mol. The van der Waals surface area contributed by atoms with E-state index in [-0.39, 0.29) is 23.9 Å². The first-order chi connectivity index (χ1) is 13.1. The summed E-state index contributed by atoms with van der Waals surface area (Å²) < 4.78 is 23.9. The number of aryl methyl sites for hydroxylation is 1. The number of benzene rings is 2. The number of nitrogens with zero attached hydrogens (tertiary/aromatic N) is 2. The van der Waals surface area contributed by atoms with Crippen LogP contribution < -0.4 is 4.74 Å². The molecule has 0 amide bonds. The van der Waals surface area contributed by atoms with Gasteiger partial charge in [0.1, 0.15) is 12.4 Å². The van der Waals surface area contributed by atoms with E-state index in [0.29, 0.717) is 0 Å². The molecule has 2 aromatic rings. The minimum absolute atomic E-state index is 0.0408. The van der Waals surface area contributed by atoms with Gasteiger partial charge in [-0.1, -0.05) is 18.2 Å². The predicted octanol–water partition coefficient (Wildman–Crippen LogP) is 3.58. The van der Waals surface area contributed by atoms with Gasteiger partial charge < -0.3 is 9.47 Å². The average Bonchev–Trinajstić information content (AvgIpc) is 2.69. The SMILES string of the molecule is O=[N+]([O-])c1cc(CCCN2CCOCC2)ccc1OCc1ccc(F)cc1. The van der Waals surface area contributed by atoms with Crippen LogP contribution in [0.4, 0.5) is 10.1 Å². The molecule has 3 rings (SSSR count). The summed E-state index contributed by atoms with van der Waals surface area (Å²) >= 11 is 0. The number of nitro benzene ring substituents is 1. The van der Waals surface area contributed by atoms with Gasteiger partial charge in [-0.3, -0.25) is 15.0 Å². The summed E-state index contributed by atoms with van der Waals surface area (Å²) in [5, 5.41) is 11.4. The van der Waals surface area contributed by atoms with Crippen molar-refractivity contribution in [3.8, 4) is 5.75 Å². The highest BCUT2D eigenvalue weighted by atomic mass is 19.1. The van der Waals surface area contributed by atoms with E-state index in [1.807, 2.05) is 6.07 Å². The number of halogens is 1. The Bertz CT molecular complexity index is 761. The normalized spacial score (nSPS) is 14.9.